The number of aliphatic hydroxyl groups excluding tert-OH is 1. The van der Waals surface area contributed by atoms with E-state index in [1.165, 1.54) is 32.1 Å². The number of methoxy groups -OCH3 is 2. The van der Waals surface area contributed by atoms with Gasteiger partial charge in [-0.2, -0.15) is 0 Å². The minimum absolute atomic E-state index is 0.200. The highest BCUT2D eigenvalue weighted by Crippen LogP contribution is 2.21. The largest absolute Gasteiger partial charge is 0.387 e. The zero-order valence-electron chi connectivity index (χ0n) is 13.1. The van der Waals surface area contributed by atoms with Crippen LogP contribution in [-0.2, 0) is 14.2 Å². The van der Waals surface area contributed by atoms with Crippen molar-refractivity contribution in [3.63, 3.8) is 0 Å². The average Bonchev–Trinajstić information content (AvgIpc) is 2.47. The van der Waals surface area contributed by atoms with E-state index in [9.17, 15) is 5.11 Å². The van der Waals surface area contributed by atoms with E-state index in [0.717, 1.165) is 6.42 Å². The quantitative estimate of drug-likeness (QED) is 0.523. The maximum absolute atomic E-state index is 10.2. The van der Waals surface area contributed by atoms with Crippen LogP contribution in [0.4, 0.5) is 0 Å². The Kier molecular flexibility index (Phi) is 9.10. The standard InChI is InChI=1S/C16H30O4/c1-4-5-6-7-8-9-10-11-13-15(17)16(19-3)14(18-2)12-20-13/h10-11,13-17H,4-9,12H2,1-3H3/b11-10+/t13-,14+,15-,16+/m0/s1. The molecule has 0 aromatic heterocycles. The molecule has 0 aromatic carbocycles. The van der Waals surface area contributed by atoms with Crippen LogP contribution in [0.3, 0.4) is 0 Å². The average molecular weight is 286 g/mol. The molecule has 4 heteroatoms. The first-order valence-electron chi connectivity index (χ1n) is 7.76. The fourth-order valence-corrected chi connectivity index (χ4v) is 2.57. The summed E-state index contributed by atoms with van der Waals surface area (Å²) in [5.74, 6) is 0. The predicted octanol–water partition coefficient (Wildman–Crippen LogP) is 2.69. The second-order valence-corrected chi connectivity index (χ2v) is 5.39. The first-order chi connectivity index (χ1) is 9.74. The first-order valence-corrected chi connectivity index (χ1v) is 7.76. The molecule has 0 radical (unpaired) electrons. The van der Waals surface area contributed by atoms with Gasteiger partial charge < -0.3 is 19.3 Å². The number of aliphatic hydroxyl groups is 1. The van der Waals surface area contributed by atoms with Crippen molar-refractivity contribution in [3.05, 3.63) is 12.2 Å². The van der Waals surface area contributed by atoms with E-state index in [4.69, 9.17) is 14.2 Å². The van der Waals surface area contributed by atoms with Crippen molar-refractivity contribution in [2.75, 3.05) is 20.8 Å². The Hall–Kier alpha value is -0.420. The lowest BCUT2D eigenvalue weighted by atomic mass is 9.99. The number of hydrogen-bond donors (Lipinski definition) is 1. The minimum Gasteiger partial charge on any atom is -0.387 e. The third-order valence-corrected chi connectivity index (χ3v) is 3.87. The Morgan fingerprint density at radius 2 is 1.90 bits per heavy atom. The Labute approximate surface area is 123 Å². The molecule has 1 fully saturated rings. The van der Waals surface area contributed by atoms with E-state index < -0.39 is 6.10 Å². The van der Waals surface area contributed by atoms with Crippen molar-refractivity contribution < 1.29 is 19.3 Å². The molecule has 0 spiro atoms. The Balaban J connectivity index is 2.29. The molecule has 1 aliphatic heterocycles. The fraction of sp³-hybridized carbons (Fsp3) is 0.875. The van der Waals surface area contributed by atoms with Crippen LogP contribution in [0, 0.1) is 0 Å². The molecule has 4 atom stereocenters. The molecule has 1 heterocycles. The molecule has 0 aliphatic carbocycles. The van der Waals surface area contributed by atoms with Crippen LogP contribution in [-0.4, -0.2) is 50.3 Å². The molecule has 0 aromatic rings. The van der Waals surface area contributed by atoms with Gasteiger partial charge in [0.25, 0.3) is 0 Å². The molecule has 1 N–H and O–H groups in total. The van der Waals surface area contributed by atoms with Crippen molar-refractivity contribution in [2.45, 2.75) is 69.9 Å². The summed E-state index contributed by atoms with van der Waals surface area (Å²) in [6.07, 6.45) is 10.0. The molecule has 1 aliphatic rings. The first kappa shape index (κ1) is 17.6. The van der Waals surface area contributed by atoms with Gasteiger partial charge in [-0.25, -0.2) is 0 Å². The highest BCUT2D eigenvalue weighted by molar-refractivity contribution is 5.00. The molecule has 20 heavy (non-hydrogen) atoms. The third kappa shape index (κ3) is 5.52. The van der Waals surface area contributed by atoms with E-state index in [-0.39, 0.29) is 18.3 Å². The van der Waals surface area contributed by atoms with Crippen molar-refractivity contribution in [1.29, 1.82) is 0 Å². The zero-order valence-corrected chi connectivity index (χ0v) is 13.1. The van der Waals surface area contributed by atoms with Crippen LogP contribution < -0.4 is 0 Å². The lowest BCUT2D eigenvalue weighted by molar-refractivity contribution is -0.191. The molecule has 0 saturated carbocycles. The molecule has 0 bridgehead atoms. The van der Waals surface area contributed by atoms with Gasteiger partial charge in [0, 0.05) is 14.2 Å². The number of hydrogen-bond acceptors (Lipinski definition) is 4. The third-order valence-electron chi connectivity index (χ3n) is 3.87. The van der Waals surface area contributed by atoms with Crippen LogP contribution in [0.5, 0.6) is 0 Å². The highest BCUT2D eigenvalue weighted by atomic mass is 16.6. The number of unbranched alkanes of at least 4 members (excludes halogenated alkanes) is 5. The monoisotopic (exact) mass is 286 g/mol. The lowest BCUT2D eigenvalue weighted by Crippen LogP contribution is -2.53. The van der Waals surface area contributed by atoms with Crippen LogP contribution >= 0.6 is 0 Å². The smallest absolute Gasteiger partial charge is 0.114 e. The molecule has 4 nitrogen and oxygen atoms in total. The molecule has 0 unspecified atom stereocenters. The molecule has 0 amide bonds. The topological polar surface area (TPSA) is 47.9 Å². The Morgan fingerprint density at radius 1 is 1.15 bits per heavy atom. The van der Waals surface area contributed by atoms with Gasteiger partial charge in [0.15, 0.2) is 0 Å². The second kappa shape index (κ2) is 10.3. The van der Waals surface area contributed by atoms with Gasteiger partial charge >= 0.3 is 0 Å². The SMILES string of the molecule is CCCCCCC/C=C/[C@@H]1OC[C@@H](OC)[C@@H](OC)[C@H]1O. The number of allylic oxidation sites excluding steroid dienone is 1. The van der Waals surface area contributed by atoms with E-state index in [1.807, 2.05) is 6.08 Å². The van der Waals surface area contributed by atoms with Gasteiger partial charge in [-0.3, -0.25) is 0 Å². The van der Waals surface area contributed by atoms with Crippen LogP contribution in [0.25, 0.3) is 0 Å². The maximum Gasteiger partial charge on any atom is 0.114 e. The van der Waals surface area contributed by atoms with Gasteiger partial charge in [0.05, 0.1) is 6.61 Å². The normalized spacial score (nSPS) is 31.0. The van der Waals surface area contributed by atoms with Gasteiger partial charge in [-0.15, -0.1) is 0 Å². The van der Waals surface area contributed by atoms with Crippen molar-refractivity contribution in [2.24, 2.45) is 0 Å². The summed E-state index contributed by atoms with van der Waals surface area (Å²) >= 11 is 0. The van der Waals surface area contributed by atoms with Crippen LogP contribution in [0.1, 0.15) is 45.4 Å². The van der Waals surface area contributed by atoms with Gasteiger partial charge in [-0.05, 0) is 12.8 Å². The van der Waals surface area contributed by atoms with Crippen molar-refractivity contribution in [3.8, 4) is 0 Å². The van der Waals surface area contributed by atoms with E-state index >= 15 is 0 Å². The molecule has 1 rings (SSSR count). The van der Waals surface area contributed by atoms with Crippen molar-refractivity contribution in [1.82, 2.24) is 0 Å². The summed E-state index contributed by atoms with van der Waals surface area (Å²) in [6, 6.07) is 0. The molecular formula is C16H30O4. The molecule has 118 valence electrons. The molecular weight excluding hydrogens is 256 g/mol. The summed E-state index contributed by atoms with van der Waals surface area (Å²) in [5, 5.41) is 10.2. The van der Waals surface area contributed by atoms with E-state index in [2.05, 4.69) is 13.0 Å². The van der Waals surface area contributed by atoms with E-state index in [1.54, 1.807) is 14.2 Å². The van der Waals surface area contributed by atoms with Crippen molar-refractivity contribution >= 4 is 0 Å². The van der Waals surface area contributed by atoms with Crippen LogP contribution in [0.2, 0.25) is 0 Å². The summed E-state index contributed by atoms with van der Waals surface area (Å²) in [6.45, 7) is 2.68. The second-order valence-electron chi connectivity index (χ2n) is 5.39. The van der Waals surface area contributed by atoms with Crippen LogP contribution in [0.15, 0.2) is 12.2 Å². The fourth-order valence-electron chi connectivity index (χ4n) is 2.57. The van der Waals surface area contributed by atoms with Gasteiger partial charge in [0.1, 0.15) is 24.4 Å². The Morgan fingerprint density at radius 3 is 2.55 bits per heavy atom. The highest BCUT2D eigenvalue weighted by Gasteiger charge is 2.38. The molecule has 1 saturated heterocycles. The van der Waals surface area contributed by atoms with Gasteiger partial charge in [-0.1, -0.05) is 44.8 Å². The summed E-state index contributed by atoms with van der Waals surface area (Å²) in [5.41, 5.74) is 0. The Bertz CT molecular complexity index is 267. The number of ether oxygens (including phenoxy) is 3. The number of rotatable bonds is 9. The summed E-state index contributed by atoms with van der Waals surface area (Å²) < 4.78 is 16.2. The lowest BCUT2D eigenvalue weighted by Gasteiger charge is -2.37. The summed E-state index contributed by atoms with van der Waals surface area (Å²) in [7, 11) is 3.21. The van der Waals surface area contributed by atoms with Gasteiger partial charge in [0.2, 0.25) is 0 Å². The summed E-state index contributed by atoms with van der Waals surface area (Å²) in [4.78, 5) is 0. The zero-order chi connectivity index (χ0) is 14.8. The predicted molar refractivity (Wildman–Crippen MR) is 79.9 cm³/mol. The van der Waals surface area contributed by atoms with E-state index in [0.29, 0.717) is 6.61 Å². The maximum atomic E-state index is 10.2. The minimum atomic E-state index is -0.671.